The standard InChI is InChI=1S/C47H43N3/c1-34-18-20-39(21-19-34)48(40-22-26-42(27-23-40)49(44-14-6-10-35(2)30-44)45-15-7-11-36(3)31-45)41-24-28-43(29-25-41)50(46-16-8-12-37(4)32-46)47-17-9-13-38(5)33-47/h6-33H,1-5H3. The van der Waals surface area contributed by atoms with E-state index in [1.807, 2.05) is 0 Å². The molecule has 7 aromatic rings. The van der Waals surface area contributed by atoms with Crippen molar-refractivity contribution in [2.24, 2.45) is 0 Å². The van der Waals surface area contributed by atoms with Gasteiger partial charge in [-0.2, -0.15) is 0 Å². The Kier molecular flexibility index (Phi) is 9.22. The van der Waals surface area contributed by atoms with Crippen molar-refractivity contribution in [3.63, 3.8) is 0 Å². The van der Waals surface area contributed by atoms with Gasteiger partial charge < -0.3 is 14.7 Å². The van der Waals surface area contributed by atoms with Gasteiger partial charge in [0.15, 0.2) is 0 Å². The number of benzene rings is 7. The highest BCUT2D eigenvalue weighted by atomic mass is 15.2. The van der Waals surface area contributed by atoms with E-state index in [1.165, 1.54) is 27.8 Å². The van der Waals surface area contributed by atoms with Gasteiger partial charge in [0.2, 0.25) is 0 Å². The Morgan fingerprint density at radius 3 is 0.680 bits per heavy atom. The molecule has 246 valence electrons. The van der Waals surface area contributed by atoms with Crippen LogP contribution in [0.25, 0.3) is 0 Å². The molecule has 0 aromatic heterocycles. The van der Waals surface area contributed by atoms with Gasteiger partial charge in [-0.15, -0.1) is 0 Å². The maximum Gasteiger partial charge on any atom is 0.0464 e. The van der Waals surface area contributed by atoms with Crippen molar-refractivity contribution in [2.45, 2.75) is 34.6 Å². The van der Waals surface area contributed by atoms with E-state index in [2.05, 4.69) is 219 Å². The largest absolute Gasteiger partial charge is 0.311 e. The quantitative estimate of drug-likeness (QED) is 0.154. The Hall–Kier alpha value is -6.06. The second-order valence-electron chi connectivity index (χ2n) is 13.2. The Labute approximate surface area is 297 Å². The van der Waals surface area contributed by atoms with E-state index in [0.717, 1.165) is 51.2 Å². The molecule has 0 unspecified atom stereocenters. The predicted molar refractivity (Wildman–Crippen MR) is 214 cm³/mol. The SMILES string of the molecule is Cc1ccc(N(c2ccc(N(c3cccc(C)c3)c3cccc(C)c3)cc2)c2ccc(N(c3cccc(C)c3)c3cccc(C)c3)cc2)cc1. The fraction of sp³-hybridized carbons (Fsp3) is 0.106. The number of anilines is 9. The highest BCUT2D eigenvalue weighted by Gasteiger charge is 2.18. The lowest BCUT2D eigenvalue weighted by atomic mass is 10.1. The van der Waals surface area contributed by atoms with Crippen LogP contribution in [-0.2, 0) is 0 Å². The van der Waals surface area contributed by atoms with E-state index in [1.54, 1.807) is 0 Å². The number of hydrogen-bond donors (Lipinski definition) is 0. The summed E-state index contributed by atoms with van der Waals surface area (Å²) in [5.41, 5.74) is 16.2. The van der Waals surface area contributed by atoms with Crippen LogP contribution in [0.3, 0.4) is 0 Å². The molecule has 7 rings (SSSR count). The van der Waals surface area contributed by atoms with Crippen molar-refractivity contribution < 1.29 is 0 Å². The lowest BCUT2D eigenvalue weighted by Gasteiger charge is -2.30. The van der Waals surface area contributed by atoms with Gasteiger partial charge in [0.1, 0.15) is 0 Å². The molecular weight excluding hydrogens is 607 g/mol. The summed E-state index contributed by atoms with van der Waals surface area (Å²) >= 11 is 0. The molecule has 0 aliphatic rings. The summed E-state index contributed by atoms with van der Waals surface area (Å²) in [5, 5.41) is 0. The molecule has 0 aliphatic carbocycles. The van der Waals surface area contributed by atoms with E-state index < -0.39 is 0 Å². The Morgan fingerprint density at radius 1 is 0.220 bits per heavy atom. The summed E-state index contributed by atoms with van der Waals surface area (Å²) in [7, 11) is 0. The third kappa shape index (κ3) is 7.04. The molecule has 0 saturated carbocycles. The number of hydrogen-bond acceptors (Lipinski definition) is 3. The van der Waals surface area contributed by atoms with E-state index in [4.69, 9.17) is 0 Å². The van der Waals surface area contributed by atoms with E-state index >= 15 is 0 Å². The Bertz CT molecular complexity index is 1990. The van der Waals surface area contributed by atoms with Crippen LogP contribution >= 0.6 is 0 Å². The van der Waals surface area contributed by atoms with Crippen molar-refractivity contribution in [3.05, 3.63) is 198 Å². The molecular formula is C47H43N3. The summed E-state index contributed by atoms with van der Waals surface area (Å²) in [6, 6.07) is 61.4. The molecule has 3 heteroatoms. The van der Waals surface area contributed by atoms with Crippen LogP contribution in [-0.4, -0.2) is 0 Å². The van der Waals surface area contributed by atoms with E-state index in [0.29, 0.717) is 0 Å². The zero-order chi connectivity index (χ0) is 34.6. The van der Waals surface area contributed by atoms with Crippen LogP contribution in [0.5, 0.6) is 0 Å². The second kappa shape index (κ2) is 14.2. The highest BCUT2D eigenvalue weighted by molar-refractivity contribution is 5.83. The van der Waals surface area contributed by atoms with Gasteiger partial charge in [-0.3, -0.25) is 0 Å². The lowest BCUT2D eigenvalue weighted by Crippen LogP contribution is -2.13. The maximum atomic E-state index is 2.33. The van der Waals surface area contributed by atoms with Crippen LogP contribution in [0.4, 0.5) is 51.2 Å². The molecule has 0 saturated heterocycles. The minimum absolute atomic E-state index is 1.09. The van der Waals surface area contributed by atoms with Crippen LogP contribution in [0.15, 0.2) is 170 Å². The third-order valence-corrected chi connectivity index (χ3v) is 9.06. The van der Waals surface area contributed by atoms with Crippen molar-refractivity contribution in [1.82, 2.24) is 0 Å². The summed E-state index contributed by atoms with van der Waals surface area (Å²) in [4.78, 5) is 7.00. The Morgan fingerprint density at radius 2 is 0.440 bits per heavy atom. The second-order valence-corrected chi connectivity index (χ2v) is 13.2. The number of aryl methyl sites for hydroxylation is 5. The normalized spacial score (nSPS) is 10.9. The average molecular weight is 650 g/mol. The first-order chi connectivity index (χ1) is 24.3. The van der Waals surface area contributed by atoms with Crippen LogP contribution in [0, 0.1) is 34.6 Å². The fourth-order valence-corrected chi connectivity index (χ4v) is 6.61. The molecule has 3 nitrogen and oxygen atoms in total. The van der Waals surface area contributed by atoms with Gasteiger partial charge in [-0.1, -0.05) is 66.2 Å². The fourth-order valence-electron chi connectivity index (χ4n) is 6.61. The third-order valence-electron chi connectivity index (χ3n) is 9.06. The molecule has 0 N–H and O–H groups in total. The maximum absolute atomic E-state index is 2.33. The summed E-state index contributed by atoms with van der Waals surface area (Å²) < 4.78 is 0. The molecule has 0 heterocycles. The summed E-state index contributed by atoms with van der Waals surface area (Å²) in [6.45, 7) is 10.7. The van der Waals surface area contributed by atoms with Crippen LogP contribution in [0.2, 0.25) is 0 Å². The van der Waals surface area contributed by atoms with Crippen LogP contribution in [0.1, 0.15) is 27.8 Å². The van der Waals surface area contributed by atoms with Crippen LogP contribution < -0.4 is 14.7 Å². The van der Waals surface area contributed by atoms with Gasteiger partial charge in [0, 0.05) is 51.2 Å². The average Bonchev–Trinajstić information content (AvgIpc) is 3.11. The highest BCUT2D eigenvalue weighted by Crippen LogP contribution is 2.41. The number of nitrogens with zero attached hydrogens (tertiary/aromatic N) is 3. The first-order valence-corrected chi connectivity index (χ1v) is 17.3. The van der Waals surface area contributed by atoms with Gasteiger partial charge in [0.25, 0.3) is 0 Å². The molecule has 0 bridgehead atoms. The molecule has 50 heavy (non-hydrogen) atoms. The van der Waals surface area contributed by atoms with Gasteiger partial charge in [-0.25, -0.2) is 0 Å². The first-order valence-electron chi connectivity index (χ1n) is 17.3. The van der Waals surface area contributed by atoms with Crippen molar-refractivity contribution >= 4 is 51.2 Å². The minimum atomic E-state index is 1.09. The van der Waals surface area contributed by atoms with Gasteiger partial charge >= 0.3 is 0 Å². The van der Waals surface area contributed by atoms with Gasteiger partial charge in [0.05, 0.1) is 0 Å². The minimum Gasteiger partial charge on any atom is -0.311 e. The molecule has 0 fully saturated rings. The zero-order valence-electron chi connectivity index (χ0n) is 29.5. The smallest absolute Gasteiger partial charge is 0.0464 e. The molecule has 0 aliphatic heterocycles. The topological polar surface area (TPSA) is 9.72 Å². The van der Waals surface area contributed by atoms with E-state index in [9.17, 15) is 0 Å². The summed E-state index contributed by atoms with van der Waals surface area (Å²) in [6.07, 6.45) is 0. The summed E-state index contributed by atoms with van der Waals surface area (Å²) in [5.74, 6) is 0. The van der Waals surface area contributed by atoms with Crippen molar-refractivity contribution in [2.75, 3.05) is 14.7 Å². The van der Waals surface area contributed by atoms with Crippen molar-refractivity contribution in [1.29, 1.82) is 0 Å². The first kappa shape index (κ1) is 32.5. The molecule has 0 radical (unpaired) electrons. The van der Waals surface area contributed by atoms with E-state index in [-0.39, 0.29) is 0 Å². The Balaban J connectivity index is 1.29. The zero-order valence-corrected chi connectivity index (χ0v) is 29.5. The van der Waals surface area contributed by atoms with Gasteiger partial charge in [-0.05, 0) is 166 Å². The molecule has 7 aromatic carbocycles. The lowest BCUT2D eigenvalue weighted by molar-refractivity contribution is 1.23. The van der Waals surface area contributed by atoms with Crippen molar-refractivity contribution in [3.8, 4) is 0 Å². The number of rotatable bonds is 9. The predicted octanol–water partition coefficient (Wildman–Crippen LogP) is 13.6. The molecule has 0 atom stereocenters. The monoisotopic (exact) mass is 649 g/mol. The molecule has 0 spiro atoms. The molecule has 0 amide bonds.